The molecular formula is C25H50NO8P. The Kier molecular flexibility index (Phi) is 22.7. The van der Waals surface area contributed by atoms with E-state index in [-0.39, 0.29) is 32.6 Å². The van der Waals surface area contributed by atoms with Crippen molar-refractivity contribution >= 4 is 19.8 Å². The summed E-state index contributed by atoms with van der Waals surface area (Å²) in [7, 11) is -4.33. The molecule has 208 valence electrons. The quantitative estimate of drug-likeness (QED) is 0.0862. The van der Waals surface area contributed by atoms with E-state index in [0.717, 1.165) is 25.7 Å². The summed E-state index contributed by atoms with van der Waals surface area (Å²) < 4.78 is 31.9. The molecule has 0 rings (SSSR count). The monoisotopic (exact) mass is 523 g/mol. The lowest BCUT2D eigenvalue weighted by atomic mass is 10.0. The molecule has 0 saturated carbocycles. The van der Waals surface area contributed by atoms with E-state index in [9.17, 15) is 19.0 Å². The second-order valence-corrected chi connectivity index (χ2v) is 10.4. The van der Waals surface area contributed by atoms with Crippen molar-refractivity contribution in [3.63, 3.8) is 0 Å². The Bertz CT molecular complexity index is 576. The first-order chi connectivity index (χ1) is 16.8. The summed E-state index contributed by atoms with van der Waals surface area (Å²) >= 11 is 0. The van der Waals surface area contributed by atoms with Crippen molar-refractivity contribution in [1.82, 2.24) is 0 Å². The predicted octanol–water partition coefficient (Wildman–Crippen LogP) is 5.82. The Morgan fingerprint density at radius 1 is 0.743 bits per heavy atom. The van der Waals surface area contributed by atoms with Crippen molar-refractivity contribution in [3.05, 3.63) is 0 Å². The summed E-state index contributed by atoms with van der Waals surface area (Å²) in [5, 5.41) is 0. The van der Waals surface area contributed by atoms with Crippen molar-refractivity contribution in [1.29, 1.82) is 0 Å². The molecule has 0 heterocycles. The lowest BCUT2D eigenvalue weighted by Crippen LogP contribution is -2.29. The van der Waals surface area contributed by atoms with Crippen molar-refractivity contribution in [2.45, 2.75) is 123 Å². The van der Waals surface area contributed by atoms with Crippen molar-refractivity contribution in [2.75, 3.05) is 26.4 Å². The van der Waals surface area contributed by atoms with Gasteiger partial charge in [-0.25, -0.2) is 4.57 Å². The third kappa shape index (κ3) is 23.2. The predicted molar refractivity (Wildman–Crippen MR) is 137 cm³/mol. The Labute approximate surface area is 212 Å². The molecule has 3 N–H and O–H groups in total. The van der Waals surface area contributed by atoms with Gasteiger partial charge in [-0.3, -0.25) is 18.6 Å². The fourth-order valence-corrected chi connectivity index (χ4v) is 4.20. The van der Waals surface area contributed by atoms with Crippen molar-refractivity contribution in [2.24, 2.45) is 5.73 Å². The van der Waals surface area contributed by atoms with Gasteiger partial charge in [0.2, 0.25) is 0 Å². The summed E-state index contributed by atoms with van der Waals surface area (Å²) in [6.45, 7) is 3.41. The van der Waals surface area contributed by atoms with Gasteiger partial charge in [0.15, 0.2) is 6.10 Å². The van der Waals surface area contributed by atoms with Crippen LogP contribution in [0.4, 0.5) is 0 Å². The number of carbonyl (C=O) groups is 2. The van der Waals surface area contributed by atoms with E-state index in [1.807, 2.05) is 6.92 Å². The average Bonchev–Trinajstić information content (AvgIpc) is 2.83. The highest BCUT2D eigenvalue weighted by Crippen LogP contribution is 2.43. The van der Waals surface area contributed by atoms with Gasteiger partial charge in [-0.15, -0.1) is 0 Å². The Hall–Kier alpha value is -0.990. The minimum absolute atomic E-state index is 0.0556. The van der Waals surface area contributed by atoms with Crippen molar-refractivity contribution in [3.8, 4) is 0 Å². The van der Waals surface area contributed by atoms with E-state index in [1.165, 1.54) is 57.8 Å². The topological polar surface area (TPSA) is 134 Å². The minimum atomic E-state index is -4.33. The van der Waals surface area contributed by atoms with Gasteiger partial charge in [-0.1, -0.05) is 90.9 Å². The Morgan fingerprint density at radius 3 is 1.80 bits per heavy atom. The number of ether oxygens (including phenoxy) is 2. The van der Waals surface area contributed by atoms with Gasteiger partial charge in [0.25, 0.3) is 0 Å². The lowest BCUT2D eigenvalue weighted by molar-refractivity contribution is -0.161. The van der Waals surface area contributed by atoms with E-state index in [2.05, 4.69) is 11.4 Å². The molecule has 0 amide bonds. The molecule has 0 aromatic rings. The molecule has 0 radical (unpaired) electrons. The van der Waals surface area contributed by atoms with Crippen LogP contribution in [0, 0.1) is 0 Å². The van der Waals surface area contributed by atoms with Crippen LogP contribution in [0.25, 0.3) is 0 Å². The molecule has 35 heavy (non-hydrogen) atoms. The summed E-state index contributed by atoms with van der Waals surface area (Å²) in [5.41, 5.74) is 5.25. The number of hydrogen-bond donors (Lipinski definition) is 2. The summed E-state index contributed by atoms with van der Waals surface area (Å²) in [4.78, 5) is 33.7. The summed E-state index contributed by atoms with van der Waals surface area (Å²) in [5.74, 6) is -0.869. The van der Waals surface area contributed by atoms with Gasteiger partial charge in [-0.2, -0.15) is 0 Å². The zero-order valence-corrected chi connectivity index (χ0v) is 22.9. The lowest BCUT2D eigenvalue weighted by Gasteiger charge is -2.19. The fourth-order valence-electron chi connectivity index (χ4n) is 3.43. The van der Waals surface area contributed by atoms with E-state index in [1.54, 1.807) is 0 Å². The number of hydrogen-bond acceptors (Lipinski definition) is 8. The molecule has 0 aromatic heterocycles. The molecule has 2 atom stereocenters. The molecule has 0 aliphatic heterocycles. The molecular weight excluding hydrogens is 473 g/mol. The summed E-state index contributed by atoms with van der Waals surface area (Å²) in [6, 6.07) is 0. The first kappa shape index (κ1) is 34.0. The minimum Gasteiger partial charge on any atom is -0.462 e. The number of unbranched alkanes of at least 4 members (excludes halogenated alkanes) is 12. The fraction of sp³-hybridized carbons (Fsp3) is 0.920. The summed E-state index contributed by atoms with van der Waals surface area (Å²) in [6.07, 6.45) is 15.5. The Morgan fingerprint density at radius 2 is 1.26 bits per heavy atom. The van der Waals surface area contributed by atoms with Gasteiger partial charge in [0.1, 0.15) is 6.61 Å². The standard InChI is InChI=1S/C25H50NO8P/c1-3-5-7-8-9-10-11-12-13-14-15-16-18-24(27)31-21-23(34-25(28)17-6-4-2)22-33-35(29,30)32-20-19-26/h23H,3-22,26H2,1-2H3,(H,29,30)/t23-/m1/s1. The van der Waals surface area contributed by atoms with Crippen LogP contribution in [0.1, 0.15) is 117 Å². The largest absolute Gasteiger partial charge is 0.472 e. The number of nitrogens with two attached hydrogens (primary N) is 1. The van der Waals surface area contributed by atoms with E-state index >= 15 is 0 Å². The van der Waals surface area contributed by atoms with Gasteiger partial charge >= 0.3 is 19.8 Å². The molecule has 10 heteroatoms. The highest BCUT2D eigenvalue weighted by atomic mass is 31.2. The maximum Gasteiger partial charge on any atom is 0.472 e. The molecule has 0 aliphatic carbocycles. The third-order valence-electron chi connectivity index (χ3n) is 5.49. The molecule has 0 saturated heterocycles. The SMILES string of the molecule is CCCCCCCCCCCCCCC(=O)OC[C@H](COP(=O)(O)OCCN)OC(=O)CCCC. The number of rotatable bonds is 25. The Balaban J connectivity index is 4.10. The average molecular weight is 524 g/mol. The number of carbonyl (C=O) groups excluding carboxylic acids is 2. The van der Waals surface area contributed by atoms with Crippen LogP contribution in [0.2, 0.25) is 0 Å². The number of esters is 2. The first-order valence-corrected chi connectivity index (χ1v) is 15.0. The number of phosphoric acid groups is 1. The smallest absolute Gasteiger partial charge is 0.462 e. The molecule has 1 unspecified atom stereocenters. The third-order valence-corrected chi connectivity index (χ3v) is 6.48. The highest BCUT2D eigenvalue weighted by Gasteiger charge is 2.25. The van der Waals surface area contributed by atoms with Crippen LogP contribution in [-0.2, 0) is 32.7 Å². The zero-order valence-electron chi connectivity index (χ0n) is 22.0. The van der Waals surface area contributed by atoms with Gasteiger partial charge in [-0.05, 0) is 12.8 Å². The van der Waals surface area contributed by atoms with Crippen LogP contribution in [-0.4, -0.2) is 49.3 Å². The zero-order chi connectivity index (χ0) is 26.2. The molecule has 0 aromatic carbocycles. The van der Waals surface area contributed by atoms with E-state index in [4.69, 9.17) is 19.7 Å². The van der Waals surface area contributed by atoms with Crippen LogP contribution in [0.3, 0.4) is 0 Å². The van der Waals surface area contributed by atoms with Gasteiger partial charge in [0, 0.05) is 19.4 Å². The molecule has 9 nitrogen and oxygen atoms in total. The van der Waals surface area contributed by atoms with Gasteiger partial charge < -0.3 is 20.1 Å². The van der Waals surface area contributed by atoms with E-state index < -0.39 is 32.5 Å². The normalized spacial score (nSPS) is 13.8. The maximum atomic E-state index is 12.1. The van der Waals surface area contributed by atoms with Gasteiger partial charge in [0.05, 0.1) is 13.2 Å². The maximum absolute atomic E-state index is 12.1. The van der Waals surface area contributed by atoms with Crippen LogP contribution in [0.15, 0.2) is 0 Å². The molecule has 0 fully saturated rings. The highest BCUT2D eigenvalue weighted by molar-refractivity contribution is 7.47. The van der Waals surface area contributed by atoms with Crippen LogP contribution < -0.4 is 5.73 Å². The van der Waals surface area contributed by atoms with Crippen LogP contribution in [0.5, 0.6) is 0 Å². The second kappa shape index (κ2) is 23.4. The molecule has 0 bridgehead atoms. The van der Waals surface area contributed by atoms with E-state index in [0.29, 0.717) is 6.42 Å². The van der Waals surface area contributed by atoms with Crippen LogP contribution >= 0.6 is 7.82 Å². The van der Waals surface area contributed by atoms with Crippen molar-refractivity contribution < 1.29 is 37.6 Å². The molecule has 0 spiro atoms. The first-order valence-electron chi connectivity index (χ1n) is 13.5. The number of phosphoric ester groups is 1. The second-order valence-electron chi connectivity index (χ2n) is 8.92. The molecule has 0 aliphatic rings.